The topological polar surface area (TPSA) is 21.3 Å². The second kappa shape index (κ2) is 6.32. The SMILES string of the molecule is CCNC(Cc1cc(Br)cs1)C(OC)C1CC1. The van der Waals surface area contributed by atoms with Crippen molar-refractivity contribution < 1.29 is 4.74 Å². The average Bonchev–Trinajstić information content (AvgIpc) is 3.04. The van der Waals surface area contributed by atoms with Crippen LogP contribution >= 0.6 is 27.3 Å². The molecule has 0 radical (unpaired) electrons. The van der Waals surface area contributed by atoms with Gasteiger partial charge in [-0.3, -0.25) is 0 Å². The number of nitrogens with one attached hydrogen (secondary N) is 1. The molecule has 0 amide bonds. The Hall–Kier alpha value is 0.1000. The monoisotopic (exact) mass is 317 g/mol. The van der Waals surface area contributed by atoms with Crippen molar-refractivity contribution in [1.82, 2.24) is 5.32 Å². The third-order valence-electron chi connectivity index (χ3n) is 3.26. The van der Waals surface area contributed by atoms with Crippen molar-refractivity contribution in [2.24, 2.45) is 5.92 Å². The molecule has 1 aromatic heterocycles. The largest absolute Gasteiger partial charge is 0.380 e. The van der Waals surface area contributed by atoms with Gasteiger partial charge in [-0.15, -0.1) is 11.3 Å². The molecule has 0 bridgehead atoms. The molecule has 2 nitrogen and oxygen atoms in total. The molecule has 0 saturated heterocycles. The number of hydrogen-bond acceptors (Lipinski definition) is 3. The molecule has 1 saturated carbocycles. The van der Waals surface area contributed by atoms with Crippen LogP contribution in [0.1, 0.15) is 24.6 Å². The Labute approximate surface area is 116 Å². The fraction of sp³-hybridized carbons (Fsp3) is 0.692. The molecule has 17 heavy (non-hydrogen) atoms. The molecule has 96 valence electrons. The highest BCUT2D eigenvalue weighted by Gasteiger charge is 2.36. The summed E-state index contributed by atoms with van der Waals surface area (Å²) in [4.78, 5) is 1.42. The number of rotatable bonds is 7. The van der Waals surface area contributed by atoms with E-state index in [-0.39, 0.29) is 0 Å². The lowest BCUT2D eigenvalue weighted by Crippen LogP contribution is -2.43. The lowest BCUT2D eigenvalue weighted by atomic mass is 10.0. The molecular formula is C13H20BrNOS. The van der Waals surface area contributed by atoms with E-state index in [0.29, 0.717) is 12.1 Å². The Kier molecular flexibility index (Phi) is 5.03. The standard InChI is InChI=1S/C13H20BrNOS/c1-3-15-12(13(16-2)9-4-5-9)7-11-6-10(14)8-17-11/h6,8-9,12-13,15H,3-5,7H2,1-2H3. The first kappa shape index (κ1) is 13.5. The molecule has 1 aliphatic carbocycles. The van der Waals surface area contributed by atoms with Crippen molar-refractivity contribution in [3.05, 3.63) is 20.8 Å². The van der Waals surface area contributed by atoms with E-state index < -0.39 is 0 Å². The zero-order valence-electron chi connectivity index (χ0n) is 10.4. The van der Waals surface area contributed by atoms with Crippen molar-refractivity contribution >= 4 is 27.3 Å². The summed E-state index contributed by atoms with van der Waals surface area (Å²) in [6.07, 6.45) is 4.10. The van der Waals surface area contributed by atoms with Crippen LogP contribution in [0.4, 0.5) is 0 Å². The second-order valence-corrected chi connectivity index (χ2v) is 6.55. The molecule has 1 fully saturated rings. The van der Waals surface area contributed by atoms with E-state index in [1.165, 1.54) is 22.2 Å². The highest BCUT2D eigenvalue weighted by molar-refractivity contribution is 9.10. The van der Waals surface area contributed by atoms with Gasteiger partial charge in [0.2, 0.25) is 0 Å². The molecule has 2 unspecified atom stereocenters. The number of methoxy groups -OCH3 is 1. The van der Waals surface area contributed by atoms with Gasteiger partial charge in [0.25, 0.3) is 0 Å². The minimum absolute atomic E-state index is 0.371. The summed E-state index contributed by atoms with van der Waals surface area (Å²) in [5.41, 5.74) is 0. The lowest BCUT2D eigenvalue weighted by molar-refractivity contribution is 0.0518. The average molecular weight is 318 g/mol. The van der Waals surface area contributed by atoms with Crippen LogP contribution in [-0.2, 0) is 11.2 Å². The smallest absolute Gasteiger partial charge is 0.0755 e. The normalized spacial score (nSPS) is 19.2. The summed E-state index contributed by atoms with van der Waals surface area (Å²) in [6.45, 7) is 3.17. The van der Waals surface area contributed by atoms with Gasteiger partial charge in [-0.1, -0.05) is 6.92 Å². The number of hydrogen-bond donors (Lipinski definition) is 1. The lowest BCUT2D eigenvalue weighted by Gasteiger charge is -2.26. The predicted molar refractivity (Wildman–Crippen MR) is 76.7 cm³/mol. The predicted octanol–water partition coefficient (Wildman–Crippen LogP) is 3.46. The van der Waals surface area contributed by atoms with E-state index in [1.807, 2.05) is 18.4 Å². The number of thiophene rings is 1. The Morgan fingerprint density at radius 1 is 1.59 bits per heavy atom. The highest BCUT2D eigenvalue weighted by atomic mass is 79.9. The van der Waals surface area contributed by atoms with Gasteiger partial charge in [-0.05, 0) is 53.7 Å². The van der Waals surface area contributed by atoms with Gasteiger partial charge >= 0.3 is 0 Å². The van der Waals surface area contributed by atoms with Crippen molar-refractivity contribution in [3.8, 4) is 0 Å². The van der Waals surface area contributed by atoms with E-state index in [1.54, 1.807) is 0 Å². The molecule has 2 atom stereocenters. The minimum Gasteiger partial charge on any atom is -0.380 e. The first-order valence-corrected chi connectivity index (χ1v) is 7.91. The molecular weight excluding hydrogens is 298 g/mol. The van der Waals surface area contributed by atoms with Crippen LogP contribution in [0.5, 0.6) is 0 Å². The Balaban J connectivity index is 2.00. The zero-order valence-corrected chi connectivity index (χ0v) is 12.8. The quantitative estimate of drug-likeness (QED) is 0.831. The fourth-order valence-corrected chi connectivity index (χ4v) is 3.87. The van der Waals surface area contributed by atoms with Crippen LogP contribution in [0, 0.1) is 5.92 Å². The van der Waals surface area contributed by atoms with E-state index in [9.17, 15) is 0 Å². The maximum absolute atomic E-state index is 5.70. The van der Waals surface area contributed by atoms with Crippen LogP contribution in [0.25, 0.3) is 0 Å². The number of halogens is 1. The van der Waals surface area contributed by atoms with Crippen molar-refractivity contribution in [1.29, 1.82) is 0 Å². The summed E-state index contributed by atoms with van der Waals surface area (Å²) < 4.78 is 6.89. The third-order valence-corrected chi connectivity index (χ3v) is 4.98. The molecule has 0 aromatic carbocycles. The van der Waals surface area contributed by atoms with Gasteiger partial charge in [-0.2, -0.15) is 0 Å². The van der Waals surface area contributed by atoms with Crippen LogP contribution in [-0.4, -0.2) is 25.8 Å². The summed E-state index contributed by atoms with van der Waals surface area (Å²) in [5, 5.41) is 5.73. The van der Waals surface area contributed by atoms with Gasteiger partial charge in [0.1, 0.15) is 0 Å². The van der Waals surface area contributed by atoms with Crippen LogP contribution in [0.15, 0.2) is 15.9 Å². The molecule has 1 N–H and O–H groups in total. The van der Waals surface area contributed by atoms with Gasteiger partial charge in [0.15, 0.2) is 0 Å². The maximum atomic E-state index is 5.70. The molecule has 1 aliphatic rings. The van der Waals surface area contributed by atoms with Crippen molar-refractivity contribution in [2.75, 3.05) is 13.7 Å². The van der Waals surface area contributed by atoms with E-state index in [2.05, 4.69) is 39.6 Å². The molecule has 1 heterocycles. The molecule has 2 rings (SSSR count). The second-order valence-electron chi connectivity index (χ2n) is 4.64. The summed E-state index contributed by atoms with van der Waals surface area (Å²) in [5.74, 6) is 0.771. The van der Waals surface area contributed by atoms with E-state index in [4.69, 9.17) is 4.74 Å². The number of likely N-dealkylation sites (N-methyl/N-ethyl adjacent to an activating group) is 1. The van der Waals surface area contributed by atoms with Gasteiger partial charge in [0, 0.05) is 27.9 Å². The summed E-state index contributed by atoms with van der Waals surface area (Å²) >= 11 is 5.34. The third kappa shape index (κ3) is 3.78. The van der Waals surface area contributed by atoms with E-state index in [0.717, 1.165) is 18.9 Å². The molecule has 4 heteroatoms. The first-order valence-electron chi connectivity index (χ1n) is 6.23. The zero-order chi connectivity index (χ0) is 12.3. The van der Waals surface area contributed by atoms with Crippen LogP contribution in [0.2, 0.25) is 0 Å². The maximum Gasteiger partial charge on any atom is 0.0755 e. The fourth-order valence-electron chi connectivity index (χ4n) is 2.35. The molecule has 1 aromatic rings. The van der Waals surface area contributed by atoms with Crippen molar-refractivity contribution in [2.45, 2.75) is 38.3 Å². The number of ether oxygens (including phenoxy) is 1. The Bertz CT molecular complexity index is 351. The minimum atomic E-state index is 0.371. The Morgan fingerprint density at radius 2 is 2.35 bits per heavy atom. The molecule has 0 aliphatic heterocycles. The van der Waals surface area contributed by atoms with Crippen LogP contribution < -0.4 is 5.32 Å². The van der Waals surface area contributed by atoms with Gasteiger partial charge in [-0.25, -0.2) is 0 Å². The summed E-state index contributed by atoms with van der Waals surface area (Å²) in [7, 11) is 1.84. The van der Waals surface area contributed by atoms with Crippen LogP contribution in [0.3, 0.4) is 0 Å². The Morgan fingerprint density at radius 3 is 2.82 bits per heavy atom. The van der Waals surface area contributed by atoms with Crippen molar-refractivity contribution in [3.63, 3.8) is 0 Å². The first-order chi connectivity index (χ1) is 8.24. The van der Waals surface area contributed by atoms with E-state index >= 15 is 0 Å². The van der Waals surface area contributed by atoms with Gasteiger partial charge in [0.05, 0.1) is 6.10 Å². The molecule has 0 spiro atoms. The highest BCUT2D eigenvalue weighted by Crippen LogP contribution is 2.36. The van der Waals surface area contributed by atoms with Gasteiger partial charge < -0.3 is 10.1 Å². The summed E-state index contributed by atoms with van der Waals surface area (Å²) in [6, 6.07) is 2.66.